The number of rotatable bonds is 5. The van der Waals surface area contributed by atoms with Crippen molar-refractivity contribution in [3.63, 3.8) is 0 Å². The zero-order chi connectivity index (χ0) is 12.1. The largest absolute Gasteiger partial charge is 0.319 e. The third kappa shape index (κ3) is 3.56. The Balaban J connectivity index is 2.73. The Hall–Kier alpha value is -0.960. The van der Waals surface area contributed by atoms with E-state index < -0.39 is 11.6 Å². The summed E-state index contributed by atoms with van der Waals surface area (Å²) in [4.78, 5) is 0. The Morgan fingerprint density at radius 2 is 1.88 bits per heavy atom. The maximum atomic E-state index is 13.0. The molecule has 1 nitrogen and oxygen atoms in total. The minimum absolute atomic E-state index is 0.440. The number of hydrogen-bond acceptors (Lipinski definition) is 1. The van der Waals surface area contributed by atoms with Gasteiger partial charge in [0.1, 0.15) is 0 Å². The molecule has 0 heterocycles. The van der Waals surface area contributed by atoms with Crippen molar-refractivity contribution in [2.75, 3.05) is 13.6 Å². The lowest BCUT2D eigenvalue weighted by atomic mass is 9.89. The Morgan fingerprint density at radius 3 is 2.38 bits per heavy atom. The second-order valence-electron chi connectivity index (χ2n) is 4.51. The second kappa shape index (κ2) is 5.94. The zero-order valence-electron chi connectivity index (χ0n) is 10.1. The van der Waals surface area contributed by atoms with E-state index in [9.17, 15) is 8.78 Å². The van der Waals surface area contributed by atoms with Crippen LogP contribution in [0, 0.1) is 23.5 Å². The SMILES string of the molecule is CNCC(Cc1ccc(F)c(F)c1)C(C)C. The zero-order valence-corrected chi connectivity index (χ0v) is 10.1. The fraction of sp³-hybridized carbons (Fsp3) is 0.538. The number of hydrogen-bond donors (Lipinski definition) is 1. The normalized spacial score (nSPS) is 13.1. The molecule has 0 amide bonds. The summed E-state index contributed by atoms with van der Waals surface area (Å²) in [6, 6.07) is 4.14. The molecule has 0 spiro atoms. The molecule has 0 bridgehead atoms. The molecule has 0 aliphatic rings. The van der Waals surface area contributed by atoms with Crippen molar-refractivity contribution < 1.29 is 8.78 Å². The minimum atomic E-state index is -0.779. The Kier molecular flexibility index (Phi) is 4.87. The van der Waals surface area contributed by atoms with E-state index >= 15 is 0 Å². The first-order valence-corrected chi connectivity index (χ1v) is 5.63. The fourth-order valence-electron chi connectivity index (χ4n) is 1.78. The van der Waals surface area contributed by atoms with E-state index in [1.165, 1.54) is 12.1 Å². The Labute approximate surface area is 95.9 Å². The summed E-state index contributed by atoms with van der Waals surface area (Å²) in [7, 11) is 1.90. The van der Waals surface area contributed by atoms with Crippen LogP contribution in [0.25, 0.3) is 0 Å². The number of nitrogens with one attached hydrogen (secondary N) is 1. The van der Waals surface area contributed by atoms with Gasteiger partial charge in [0.2, 0.25) is 0 Å². The predicted molar refractivity (Wildman–Crippen MR) is 62.3 cm³/mol. The van der Waals surface area contributed by atoms with Crippen molar-refractivity contribution in [1.29, 1.82) is 0 Å². The molecule has 90 valence electrons. The fourth-order valence-corrected chi connectivity index (χ4v) is 1.78. The lowest BCUT2D eigenvalue weighted by molar-refractivity contribution is 0.369. The van der Waals surface area contributed by atoms with E-state index in [0.717, 1.165) is 18.5 Å². The lowest BCUT2D eigenvalue weighted by Gasteiger charge is -2.20. The van der Waals surface area contributed by atoms with Crippen molar-refractivity contribution in [3.05, 3.63) is 35.4 Å². The second-order valence-corrected chi connectivity index (χ2v) is 4.51. The molecule has 0 aliphatic heterocycles. The summed E-state index contributed by atoms with van der Waals surface area (Å²) >= 11 is 0. The van der Waals surface area contributed by atoms with Crippen molar-refractivity contribution in [1.82, 2.24) is 5.32 Å². The summed E-state index contributed by atoms with van der Waals surface area (Å²) in [6.07, 6.45) is 0.774. The van der Waals surface area contributed by atoms with E-state index in [-0.39, 0.29) is 0 Å². The molecule has 1 unspecified atom stereocenters. The van der Waals surface area contributed by atoms with E-state index in [0.29, 0.717) is 11.8 Å². The van der Waals surface area contributed by atoms with Gasteiger partial charge >= 0.3 is 0 Å². The van der Waals surface area contributed by atoms with Crippen molar-refractivity contribution >= 4 is 0 Å². The van der Waals surface area contributed by atoms with Crippen LogP contribution in [0.15, 0.2) is 18.2 Å². The summed E-state index contributed by atoms with van der Waals surface area (Å²) < 4.78 is 25.8. The van der Waals surface area contributed by atoms with Crippen LogP contribution in [0.3, 0.4) is 0 Å². The molecule has 1 N–H and O–H groups in total. The number of halogens is 2. The van der Waals surface area contributed by atoms with Gasteiger partial charge in [0.05, 0.1) is 0 Å². The molecule has 1 atom stereocenters. The first-order chi connectivity index (χ1) is 7.54. The molecular weight excluding hydrogens is 208 g/mol. The predicted octanol–water partition coefficient (Wildman–Crippen LogP) is 3.00. The van der Waals surface area contributed by atoms with E-state index in [2.05, 4.69) is 19.2 Å². The minimum Gasteiger partial charge on any atom is -0.319 e. The van der Waals surface area contributed by atoms with Gasteiger partial charge < -0.3 is 5.32 Å². The molecule has 0 saturated carbocycles. The van der Waals surface area contributed by atoms with Crippen molar-refractivity contribution in [3.8, 4) is 0 Å². The Bertz CT molecular complexity index is 337. The molecule has 0 aliphatic carbocycles. The van der Waals surface area contributed by atoms with Crippen LogP contribution in [0.2, 0.25) is 0 Å². The molecule has 0 saturated heterocycles. The molecule has 1 aromatic rings. The average molecular weight is 227 g/mol. The highest BCUT2D eigenvalue weighted by Crippen LogP contribution is 2.18. The first kappa shape index (κ1) is 13.1. The highest BCUT2D eigenvalue weighted by atomic mass is 19.2. The Morgan fingerprint density at radius 1 is 1.19 bits per heavy atom. The van der Waals surface area contributed by atoms with Crippen LogP contribution in [0.5, 0.6) is 0 Å². The van der Waals surface area contributed by atoms with Crippen LogP contribution in [-0.4, -0.2) is 13.6 Å². The van der Waals surface area contributed by atoms with Crippen LogP contribution in [-0.2, 0) is 6.42 Å². The number of benzene rings is 1. The summed E-state index contributed by atoms with van der Waals surface area (Å²) in [5.74, 6) is -0.585. The van der Waals surface area contributed by atoms with E-state index in [4.69, 9.17) is 0 Å². The van der Waals surface area contributed by atoms with Gasteiger partial charge in [0.15, 0.2) is 11.6 Å². The molecule has 1 rings (SSSR count). The maximum absolute atomic E-state index is 13.0. The summed E-state index contributed by atoms with van der Waals surface area (Å²) in [6.45, 7) is 5.17. The van der Waals surface area contributed by atoms with Gasteiger partial charge in [-0.05, 0) is 49.5 Å². The third-order valence-corrected chi connectivity index (χ3v) is 2.89. The van der Waals surface area contributed by atoms with Crippen LogP contribution in [0.4, 0.5) is 8.78 Å². The lowest BCUT2D eigenvalue weighted by Crippen LogP contribution is -2.25. The van der Waals surface area contributed by atoms with Crippen LogP contribution in [0.1, 0.15) is 19.4 Å². The van der Waals surface area contributed by atoms with Gasteiger partial charge in [-0.3, -0.25) is 0 Å². The summed E-state index contributed by atoms with van der Waals surface area (Å²) in [5, 5.41) is 3.13. The van der Waals surface area contributed by atoms with Gasteiger partial charge in [-0.2, -0.15) is 0 Å². The average Bonchev–Trinajstić information content (AvgIpc) is 2.22. The van der Waals surface area contributed by atoms with E-state index in [1.54, 1.807) is 6.07 Å². The quantitative estimate of drug-likeness (QED) is 0.815. The highest BCUT2D eigenvalue weighted by Gasteiger charge is 2.14. The molecular formula is C13H19F2N. The molecule has 3 heteroatoms. The maximum Gasteiger partial charge on any atom is 0.159 e. The van der Waals surface area contributed by atoms with Gasteiger partial charge in [-0.1, -0.05) is 19.9 Å². The molecule has 0 fully saturated rings. The molecule has 16 heavy (non-hydrogen) atoms. The smallest absolute Gasteiger partial charge is 0.159 e. The first-order valence-electron chi connectivity index (χ1n) is 5.63. The van der Waals surface area contributed by atoms with Gasteiger partial charge in [0.25, 0.3) is 0 Å². The van der Waals surface area contributed by atoms with Crippen molar-refractivity contribution in [2.24, 2.45) is 11.8 Å². The van der Waals surface area contributed by atoms with Gasteiger partial charge in [-0.25, -0.2) is 8.78 Å². The van der Waals surface area contributed by atoms with E-state index in [1.807, 2.05) is 7.05 Å². The molecule has 0 aromatic heterocycles. The molecule has 0 radical (unpaired) electrons. The third-order valence-electron chi connectivity index (χ3n) is 2.89. The monoisotopic (exact) mass is 227 g/mol. The molecule has 1 aromatic carbocycles. The van der Waals surface area contributed by atoms with Gasteiger partial charge in [-0.15, -0.1) is 0 Å². The highest BCUT2D eigenvalue weighted by molar-refractivity contribution is 5.18. The summed E-state index contributed by atoms with van der Waals surface area (Å²) in [5.41, 5.74) is 0.854. The van der Waals surface area contributed by atoms with Crippen LogP contribution < -0.4 is 5.32 Å². The topological polar surface area (TPSA) is 12.0 Å². The van der Waals surface area contributed by atoms with Crippen LogP contribution >= 0.6 is 0 Å². The van der Waals surface area contributed by atoms with Crippen molar-refractivity contribution in [2.45, 2.75) is 20.3 Å². The van der Waals surface area contributed by atoms with Gasteiger partial charge in [0, 0.05) is 0 Å². The standard InChI is InChI=1S/C13H19F2N/c1-9(2)11(8-16-3)6-10-4-5-12(14)13(15)7-10/h4-5,7,9,11,16H,6,8H2,1-3H3.